The second kappa shape index (κ2) is 13.6. The number of nitrogens with one attached hydrogen (secondary N) is 3. The lowest BCUT2D eigenvalue weighted by Gasteiger charge is -2.14. The Morgan fingerprint density at radius 1 is 0.800 bits per heavy atom. The smallest absolute Gasteiger partial charge is 0.272 e. The molecule has 3 amide bonds. The number of rotatable bonds is 9. The topological polar surface area (TPSA) is 87.3 Å². The van der Waals surface area contributed by atoms with Crippen molar-refractivity contribution < 1.29 is 14.4 Å². The van der Waals surface area contributed by atoms with Gasteiger partial charge in [0.05, 0.1) is 5.25 Å². The maximum absolute atomic E-state index is 13.3. The monoisotopic (exact) mass is 569 g/mol. The molecule has 0 aromatic heterocycles. The van der Waals surface area contributed by atoms with E-state index in [4.69, 9.17) is 11.6 Å². The molecule has 1 unspecified atom stereocenters. The number of thioether (sulfide) groups is 1. The summed E-state index contributed by atoms with van der Waals surface area (Å²) in [5.74, 6) is -1.02. The van der Waals surface area contributed by atoms with Crippen molar-refractivity contribution in [3.8, 4) is 0 Å². The van der Waals surface area contributed by atoms with Gasteiger partial charge in [0.25, 0.3) is 11.8 Å². The van der Waals surface area contributed by atoms with Gasteiger partial charge in [0, 0.05) is 26.9 Å². The molecule has 0 heterocycles. The SMILES string of the molecule is Cc1ccc(/C=C(\NC(=O)c2ccccc2)C(=O)Nc2cccc(SC(C)C(=O)Nc3ccc(Cl)cc3)c2)cc1. The highest BCUT2D eigenvalue weighted by atomic mass is 35.5. The van der Waals surface area contributed by atoms with E-state index in [2.05, 4.69) is 16.0 Å². The van der Waals surface area contributed by atoms with Crippen LogP contribution in [0.2, 0.25) is 5.02 Å². The second-order valence-electron chi connectivity index (χ2n) is 9.03. The molecule has 0 spiro atoms. The number of anilines is 2. The average Bonchev–Trinajstić information content (AvgIpc) is 2.95. The van der Waals surface area contributed by atoms with Gasteiger partial charge in [-0.05, 0) is 80.1 Å². The summed E-state index contributed by atoms with van der Waals surface area (Å²) in [6, 6.07) is 30.5. The van der Waals surface area contributed by atoms with Gasteiger partial charge in [-0.1, -0.05) is 65.7 Å². The highest BCUT2D eigenvalue weighted by Crippen LogP contribution is 2.27. The molecular weight excluding hydrogens is 542 g/mol. The summed E-state index contributed by atoms with van der Waals surface area (Å²) in [6.07, 6.45) is 1.64. The lowest BCUT2D eigenvalue weighted by Crippen LogP contribution is -2.30. The number of hydrogen-bond acceptors (Lipinski definition) is 4. The first-order valence-electron chi connectivity index (χ1n) is 12.6. The van der Waals surface area contributed by atoms with Crippen LogP contribution in [0.4, 0.5) is 11.4 Å². The van der Waals surface area contributed by atoms with Crippen molar-refractivity contribution in [2.75, 3.05) is 10.6 Å². The first-order chi connectivity index (χ1) is 19.3. The summed E-state index contributed by atoms with van der Waals surface area (Å²) in [6.45, 7) is 3.79. The van der Waals surface area contributed by atoms with Crippen LogP contribution in [-0.4, -0.2) is 23.0 Å². The van der Waals surface area contributed by atoms with Crippen molar-refractivity contribution in [2.24, 2.45) is 0 Å². The standard InChI is InChI=1S/C32H28ClN3O3S/c1-21-11-13-23(14-12-21)19-29(36-31(38)24-7-4-3-5-8-24)32(39)35-27-9-6-10-28(20-27)40-22(2)30(37)34-26-17-15-25(33)16-18-26/h3-20,22H,1-2H3,(H,34,37)(H,35,39)(H,36,38)/b29-19-. The summed E-state index contributed by atoms with van der Waals surface area (Å²) in [5.41, 5.74) is 3.59. The van der Waals surface area contributed by atoms with Crippen LogP contribution in [0.5, 0.6) is 0 Å². The zero-order chi connectivity index (χ0) is 28.5. The third kappa shape index (κ3) is 8.33. The van der Waals surface area contributed by atoms with Gasteiger partial charge in [-0.2, -0.15) is 0 Å². The molecule has 6 nitrogen and oxygen atoms in total. The summed E-state index contributed by atoms with van der Waals surface area (Å²) in [5, 5.41) is 8.69. The first kappa shape index (κ1) is 28.7. The zero-order valence-corrected chi connectivity index (χ0v) is 23.6. The van der Waals surface area contributed by atoms with Crippen LogP contribution in [-0.2, 0) is 9.59 Å². The minimum absolute atomic E-state index is 0.103. The number of carbonyl (C=O) groups is 3. The van der Waals surface area contributed by atoms with Crippen molar-refractivity contribution in [1.29, 1.82) is 0 Å². The van der Waals surface area contributed by atoms with Crippen LogP contribution in [0.15, 0.2) is 114 Å². The van der Waals surface area contributed by atoms with E-state index in [9.17, 15) is 14.4 Å². The number of aryl methyl sites for hydroxylation is 1. The predicted octanol–water partition coefficient (Wildman–Crippen LogP) is 7.18. The Morgan fingerprint density at radius 3 is 2.20 bits per heavy atom. The normalized spacial score (nSPS) is 11.8. The van der Waals surface area contributed by atoms with Crippen LogP contribution >= 0.6 is 23.4 Å². The Balaban J connectivity index is 1.47. The minimum Gasteiger partial charge on any atom is -0.325 e. The molecule has 0 saturated heterocycles. The van der Waals surface area contributed by atoms with E-state index >= 15 is 0 Å². The van der Waals surface area contributed by atoms with E-state index in [0.717, 1.165) is 16.0 Å². The molecule has 4 aromatic rings. The van der Waals surface area contributed by atoms with Gasteiger partial charge in [0.2, 0.25) is 5.91 Å². The van der Waals surface area contributed by atoms with Gasteiger partial charge in [0.1, 0.15) is 5.70 Å². The lowest BCUT2D eigenvalue weighted by molar-refractivity contribution is -0.115. The van der Waals surface area contributed by atoms with E-state index in [1.165, 1.54) is 11.8 Å². The van der Waals surface area contributed by atoms with E-state index < -0.39 is 11.2 Å². The van der Waals surface area contributed by atoms with Crippen molar-refractivity contribution in [1.82, 2.24) is 5.32 Å². The van der Waals surface area contributed by atoms with Crippen molar-refractivity contribution in [2.45, 2.75) is 24.0 Å². The molecule has 0 aliphatic rings. The molecule has 0 saturated carbocycles. The molecule has 4 aromatic carbocycles. The van der Waals surface area contributed by atoms with Crippen molar-refractivity contribution in [3.63, 3.8) is 0 Å². The van der Waals surface area contributed by atoms with Gasteiger partial charge in [-0.15, -0.1) is 11.8 Å². The van der Waals surface area contributed by atoms with Crippen LogP contribution in [0.25, 0.3) is 6.08 Å². The van der Waals surface area contributed by atoms with E-state index in [0.29, 0.717) is 22.0 Å². The zero-order valence-electron chi connectivity index (χ0n) is 22.0. The van der Waals surface area contributed by atoms with Crippen molar-refractivity contribution in [3.05, 3.63) is 131 Å². The molecule has 0 radical (unpaired) electrons. The van der Waals surface area contributed by atoms with Gasteiger partial charge in [0.15, 0.2) is 0 Å². The number of amides is 3. The van der Waals surface area contributed by atoms with Gasteiger partial charge in [-0.25, -0.2) is 0 Å². The molecule has 0 fully saturated rings. The Hall–Kier alpha value is -4.33. The Labute approximate surface area is 242 Å². The highest BCUT2D eigenvalue weighted by Gasteiger charge is 2.17. The van der Waals surface area contributed by atoms with E-state index in [-0.39, 0.29) is 17.5 Å². The molecule has 8 heteroatoms. The minimum atomic E-state index is -0.472. The molecule has 202 valence electrons. The van der Waals surface area contributed by atoms with E-state index in [1.807, 2.05) is 50.2 Å². The Morgan fingerprint density at radius 2 is 1.50 bits per heavy atom. The fourth-order valence-corrected chi connectivity index (χ4v) is 4.70. The summed E-state index contributed by atoms with van der Waals surface area (Å²) in [4.78, 5) is 39.7. The third-order valence-corrected chi connectivity index (χ3v) is 7.15. The number of benzene rings is 4. The Bertz CT molecular complexity index is 1520. The number of halogens is 1. The molecule has 1 atom stereocenters. The highest BCUT2D eigenvalue weighted by molar-refractivity contribution is 8.00. The Kier molecular flexibility index (Phi) is 9.78. The predicted molar refractivity (Wildman–Crippen MR) is 164 cm³/mol. The quantitative estimate of drug-likeness (QED) is 0.147. The number of hydrogen-bond donors (Lipinski definition) is 3. The lowest BCUT2D eigenvalue weighted by atomic mass is 10.1. The largest absolute Gasteiger partial charge is 0.325 e. The van der Waals surface area contributed by atoms with Crippen molar-refractivity contribution >= 4 is 58.5 Å². The first-order valence-corrected chi connectivity index (χ1v) is 13.8. The van der Waals surface area contributed by atoms with Gasteiger partial charge in [-0.3, -0.25) is 14.4 Å². The molecule has 0 bridgehead atoms. The molecule has 0 aliphatic heterocycles. The summed E-state index contributed by atoms with van der Waals surface area (Å²) >= 11 is 7.28. The molecular formula is C32H28ClN3O3S. The molecule has 40 heavy (non-hydrogen) atoms. The molecule has 0 aliphatic carbocycles. The third-order valence-electron chi connectivity index (χ3n) is 5.80. The fraction of sp³-hybridized carbons (Fsp3) is 0.0938. The van der Waals surface area contributed by atoms with Gasteiger partial charge >= 0.3 is 0 Å². The van der Waals surface area contributed by atoms with Crippen LogP contribution in [0.3, 0.4) is 0 Å². The van der Waals surface area contributed by atoms with Crippen LogP contribution in [0, 0.1) is 6.92 Å². The molecule has 4 rings (SSSR count). The van der Waals surface area contributed by atoms with Gasteiger partial charge < -0.3 is 16.0 Å². The maximum atomic E-state index is 13.3. The van der Waals surface area contributed by atoms with E-state index in [1.54, 1.807) is 72.8 Å². The second-order valence-corrected chi connectivity index (χ2v) is 10.9. The average molecular weight is 570 g/mol. The number of carbonyl (C=O) groups excluding carboxylic acids is 3. The van der Waals surface area contributed by atoms with Crippen LogP contribution < -0.4 is 16.0 Å². The summed E-state index contributed by atoms with van der Waals surface area (Å²) in [7, 11) is 0. The fourth-order valence-electron chi connectivity index (χ4n) is 3.65. The van der Waals surface area contributed by atoms with Crippen LogP contribution in [0.1, 0.15) is 28.4 Å². The molecule has 3 N–H and O–H groups in total. The maximum Gasteiger partial charge on any atom is 0.272 e. The summed E-state index contributed by atoms with van der Waals surface area (Å²) < 4.78 is 0.